The topological polar surface area (TPSA) is 119 Å². The van der Waals surface area contributed by atoms with Gasteiger partial charge >= 0.3 is 0 Å². The number of hydrogen-bond donors (Lipinski definition) is 4. The van der Waals surface area contributed by atoms with Gasteiger partial charge in [-0.2, -0.15) is 5.26 Å². The van der Waals surface area contributed by atoms with Crippen LogP contribution < -0.4 is 0 Å². The lowest BCUT2D eigenvalue weighted by Crippen LogP contribution is -2.56. The maximum atomic E-state index is 10.5. The molecule has 5 atom stereocenters. The Morgan fingerprint density at radius 2 is 1.74 bits per heavy atom. The molecule has 5 unspecified atom stereocenters. The van der Waals surface area contributed by atoms with Crippen LogP contribution >= 0.6 is 12.2 Å². The van der Waals surface area contributed by atoms with E-state index in [-0.39, 0.29) is 10.2 Å². The van der Waals surface area contributed by atoms with Gasteiger partial charge in [0.25, 0.3) is 0 Å². The van der Waals surface area contributed by atoms with E-state index < -0.39 is 37.3 Å². The Bertz CT molecular complexity index is 1230. The number of aromatic nitrogens is 1. The molecule has 3 aromatic rings. The van der Waals surface area contributed by atoms with Crippen molar-refractivity contribution in [2.24, 2.45) is 0 Å². The van der Waals surface area contributed by atoms with Crippen molar-refractivity contribution in [2.45, 2.75) is 37.6 Å². The van der Waals surface area contributed by atoms with Crippen molar-refractivity contribution >= 4 is 23.0 Å². The molecular formula is C23H22N2O5S. The van der Waals surface area contributed by atoms with Crippen molar-refractivity contribution in [1.29, 1.82) is 5.26 Å². The van der Waals surface area contributed by atoms with E-state index in [1.54, 1.807) is 13.0 Å². The lowest BCUT2D eigenvalue weighted by Gasteiger charge is -2.41. The zero-order chi connectivity index (χ0) is 22.3. The third kappa shape index (κ3) is 3.55. The number of rotatable bonds is 3. The van der Waals surface area contributed by atoms with Crippen molar-refractivity contribution in [3.05, 3.63) is 64.4 Å². The van der Waals surface area contributed by atoms with Gasteiger partial charge in [0.15, 0.2) is 6.23 Å². The monoisotopic (exact) mass is 438 g/mol. The first kappa shape index (κ1) is 21.6. The van der Waals surface area contributed by atoms with Gasteiger partial charge in [-0.25, -0.2) is 0 Å². The maximum Gasteiger partial charge on any atom is 0.164 e. The minimum atomic E-state index is -1.54. The largest absolute Gasteiger partial charge is 0.394 e. The van der Waals surface area contributed by atoms with Crippen LogP contribution in [0, 0.1) is 22.9 Å². The number of aliphatic hydroxyl groups excluding tert-OH is 4. The number of nitriles is 1. The van der Waals surface area contributed by atoms with Gasteiger partial charge in [-0.1, -0.05) is 54.7 Å². The normalized spacial score (nSPS) is 26.0. The first-order valence-electron chi connectivity index (χ1n) is 9.84. The van der Waals surface area contributed by atoms with Crippen LogP contribution in [-0.2, 0) is 4.74 Å². The van der Waals surface area contributed by atoms with E-state index in [1.807, 2.05) is 42.5 Å². The Labute approximate surface area is 184 Å². The fourth-order valence-electron chi connectivity index (χ4n) is 4.14. The van der Waals surface area contributed by atoms with Crippen LogP contribution in [0.15, 0.2) is 48.5 Å². The number of ether oxygens (including phenoxy) is 1. The van der Waals surface area contributed by atoms with E-state index in [1.165, 1.54) is 4.57 Å². The summed E-state index contributed by atoms with van der Waals surface area (Å²) < 4.78 is 7.25. The van der Waals surface area contributed by atoms with Crippen LogP contribution in [0.4, 0.5) is 0 Å². The SMILES string of the molecule is Cc1cc(-c2cccc3ccccc23)c(C#N)c(=S)n1C1OC(CO)C(O)C(O)C1O. The van der Waals surface area contributed by atoms with E-state index in [2.05, 4.69) is 6.07 Å². The van der Waals surface area contributed by atoms with Gasteiger partial charge in [-0.05, 0) is 29.3 Å². The fourth-order valence-corrected chi connectivity index (χ4v) is 4.54. The molecule has 1 aliphatic rings. The van der Waals surface area contributed by atoms with E-state index in [0.717, 1.165) is 16.3 Å². The molecular weight excluding hydrogens is 416 g/mol. The molecule has 8 heteroatoms. The van der Waals surface area contributed by atoms with Gasteiger partial charge in [0.05, 0.1) is 12.2 Å². The molecule has 1 fully saturated rings. The Morgan fingerprint density at radius 1 is 1.03 bits per heavy atom. The van der Waals surface area contributed by atoms with E-state index >= 15 is 0 Å². The van der Waals surface area contributed by atoms with Crippen molar-refractivity contribution in [1.82, 2.24) is 4.57 Å². The second-order valence-electron chi connectivity index (χ2n) is 7.61. The summed E-state index contributed by atoms with van der Waals surface area (Å²) in [6.07, 6.45) is -6.76. The third-order valence-corrected chi connectivity index (χ3v) is 6.15. The molecule has 1 aromatic heterocycles. The summed E-state index contributed by atoms with van der Waals surface area (Å²) in [5.41, 5.74) is 2.33. The first-order chi connectivity index (χ1) is 14.9. The third-order valence-electron chi connectivity index (χ3n) is 5.75. The molecule has 0 bridgehead atoms. The predicted octanol–water partition coefficient (Wildman–Crippen LogP) is 2.19. The summed E-state index contributed by atoms with van der Waals surface area (Å²) in [4.78, 5) is 0. The van der Waals surface area contributed by atoms with Gasteiger partial charge in [-0.3, -0.25) is 0 Å². The standard InChI is InChI=1S/C23H22N2O5S/c1-12-9-16(15-8-4-6-13-5-2-3-7-14(13)15)17(10-24)23(31)25(12)22-21(29)20(28)19(27)18(11-26)30-22/h2-9,18-22,26-29H,11H2,1H3. The number of pyridine rings is 1. The Morgan fingerprint density at radius 3 is 2.45 bits per heavy atom. The molecule has 31 heavy (non-hydrogen) atoms. The van der Waals surface area contributed by atoms with Crippen LogP contribution in [0.25, 0.3) is 21.9 Å². The molecule has 160 valence electrons. The summed E-state index contributed by atoms with van der Waals surface area (Å²) >= 11 is 5.61. The van der Waals surface area contributed by atoms with Crippen LogP contribution in [-0.4, -0.2) is 56.0 Å². The van der Waals surface area contributed by atoms with Crippen LogP contribution in [0.1, 0.15) is 17.5 Å². The minimum Gasteiger partial charge on any atom is -0.394 e. The molecule has 0 saturated carbocycles. The van der Waals surface area contributed by atoms with Gasteiger partial charge in [0.1, 0.15) is 35.1 Å². The average Bonchev–Trinajstić information content (AvgIpc) is 2.78. The van der Waals surface area contributed by atoms with Crippen molar-refractivity contribution in [2.75, 3.05) is 6.61 Å². The van der Waals surface area contributed by atoms with Gasteiger partial charge in [0.2, 0.25) is 0 Å². The Kier molecular flexibility index (Phi) is 5.90. The molecule has 4 N–H and O–H groups in total. The van der Waals surface area contributed by atoms with Crippen LogP contribution in [0.5, 0.6) is 0 Å². The molecule has 1 saturated heterocycles. The molecule has 2 heterocycles. The minimum absolute atomic E-state index is 0.134. The second kappa shape index (κ2) is 8.48. The summed E-state index contributed by atoms with van der Waals surface area (Å²) in [6, 6.07) is 17.6. The zero-order valence-corrected chi connectivity index (χ0v) is 17.5. The van der Waals surface area contributed by atoms with Crippen molar-refractivity contribution in [3.63, 3.8) is 0 Å². The number of hydrogen-bond acceptors (Lipinski definition) is 7. The fraction of sp³-hybridized carbons (Fsp3) is 0.304. The second-order valence-corrected chi connectivity index (χ2v) is 7.99. The van der Waals surface area contributed by atoms with E-state index in [0.29, 0.717) is 11.3 Å². The van der Waals surface area contributed by atoms with Crippen molar-refractivity contribution < 1.29 is 25.2 Å². The zero-order valence-electron chi connectivity index (χ0n) is 16.7. The maximum absolute atomic E-state index is 10.5. The Hall–Kier alpha value is -2.64. The number of aliphatic hydroxyl groups is 4. The van der Waals surface area contributed by atoms with Crippen molar-refractivity contribution in [3.8, 4) is 17.2 Å². The first-order valence-corrected chi connectivity index (χ1v) is 10.2. The lowest BCUT2D eigenvalue weighted by atomic mass is 9.94. The molecule has 1 aliphatic heterocycles. The van der Waals surface area contributed by atoms with Crippen LogP contribution in [0.3, 0.4) is 0 Å². The lowest BCUT2D eigenvalue weighted by molar-refractivity contribution is -0.252. The predicted molar refractivity (Wildman–Crippen MR) is 117 cm³/mol. The molecule has 4 rings (SSSR count). The molecule has 0 aliphatic carbocycles. The molecule has 0 amide bonds. The average molecular weight is 439 g/mol. The summed E-state index contributed by atoms with van der Waals surface area (Å²) in [7, 11) is 0. The van der Waals surface area contributed by atoms with Gasteiger partial charge < -0.3 is 29.7 Å². The number of fused-ring (bicyclic) bond motifs is 1. The smallest absolute Gasteiger partial charge is 0.164 e. The summed E-state index contributed by atoms with van der Waals surface area (Å²) in [5, 5.41) is 52.2. The number of benzene rings is 2. The summed E-state index contributed by atoms with van der Waals surface area (Å²) in [6.45, 7) is 1.21. The van der Waals surface area contributed by atoms with Gasteiger partial charge in [0, 0.05) is 11.3 Å². The quantitative estimate of drug-likeness (QED) is 0.463. The van der Waals surface area contributed by atoms with Crippen LogP contribution in [0.2, 0.25) is 0 Å². The molecule has 7 nitrogen and oxygen atoms in total. The highest BCUT2D eigenvalue weighted by atomic mass is 32.1. The Balaban J connectivity index is 1.91. The van der Waals surface area contributed by atoms with E-state index in [9.17, 15) is 25.7 Å². The number of aryl methyl sites for hydroxylation is 1. The highest BCUT2D eigenvalue weighted by Crippen LogP contribution is 2.35. The molecule has 2 aromatic carbocycles. The number of nitrogens with zero attached hydrogens (tertiary/aromatic N) is 2. The summed E-state index contributed by atoms with van der Waals surface area (Å²) in [5.74, 6) is 0. The van der Waals surface area contributed by atoms with Gasteiger partial charge in [-0.15, -0.1) is 0 Å². The molecule has 0 radical (unpaired) electrons. The highest BCUT2D eigenvalue weighted by Gasteiger charge is 2.44. The highest BCUT2D eigenvalue weighted by molar-refractivity contribution is 7.71. The molecule has 0 spiro atoms. The van der Waals surface area contributed by atoms with E-state index in [4.69, 9.17) is 17.0 Å².